The molecule has 2 heterocycles. The number of rotatable bonds is 4. The first-order chi connectivity index (χ1) is 12.4. The average Bonchev–Trinajstić information content (AvgIpc) is 3.15. The molecular formula is C19H17NO2S4. The topological polar surface area (TPSA) is 43.1 Å². The molecule has 0 aliphatic carbocycles. The lowest BCUT2D eigenvalue weighted by Crippen LogP contribution is -1.86. The Labute approximate surface area is 170 Å². The maximum Gasteiger partial charge on any atom is 0.269 e. The molecule has 0 spiro atoms. The van der Waals surface area contributed by atoms with Gasteiger partial charge in [0.15, 0.2) is 0 Å². The van der Waals surface area contributed by atoms with Crippen LogP contribution in [-0.2, 0) is 0 Å². The number of hydrogen-bond acceptors (Lipinski definition) is 6. The largest absolute Gasteiger partial charge is 0.269 e. The van der Waals surface area contributed by atoms with Gasteiger partial charge in [0.25, 0.3) is 5.69 Å². The number of non-ortho nitro benzene ring substituents is 1. The van der Waals surface area contributed by atoms with Crippen molar-refractivity contribution in [3.05, 3.63) is 86.3 Å². The van der Waals surface area contributed by atoms with Gasteiger partial charge in [-0.25, -0.2) is 0 Å². The van der Waals surface area contributed by atoms with E-state index in [1.807, 2.05) is 65.3 Å². The Kier molecular flexibility index (Phi) is 6.45. The highest BCUT2D eigenvalue weighted by Crippen LogP contribution is 2.59. The van der Waals surface area contributed by atoms with Crippen LogP contribution in [0.4, 0.5) is 5.69 Å². The van der Waals surface area contributed by atoms with Crippen molar-refractivity contribution in [3.8, 4) is 0 Å². The van der Waals surface area contributed by atoms with Crippen LogP contribution in [0.15, 0.2) is 70.6 Å². The number of nitro groups is 1. The Bertz CT molecular complexity index is 877. The Morgan fingerprint density at radius 1 is 0.808 bits per heavy atom. The summed E-state index contributed by atoms with van der Waals surface area (Å²) < 4.78 is 2.76. The molecule has 0 bridgehead atoms. The number of hydrogen-bond donors (Lipinski definition) is 0. The van der Waals surface area contributed by atoms with Crippen molar-refractivity contribution in [2.24, 2.45) is 0 Å². The Morgan fingerprint density at radius 2 is 1.35 bits per heavy atom. The third-order valence-corrected chi connectivity index (χ3v) is 9.45. The fourth-order valence-electron chi connectivity index (χ4n) is 2.16. The molecule has 0 aromatic heterocycles. The fraction of sp³-hybridized carbons (Fsp3) is 0.158. The van der Waals surface area contributed by atoms with Gasteiger partial charge >= 0.3 is 0 Å². The van der Waals surface area contributed by atoms with Gasteiger partial charge < -0.3 is 0 Å². The van der Waals surface area contributed by atoms with Crippen molar-refractivity contribution in [1.82, 2.24) is 0 Å². The van der Waals surface area contributed by atoms with Crippen molar-refractivity contribution in [1.29, 1.82) is 0 Å². The summed E-state index contributed by atoms with van der Waals surface area (Å²) in [6.07, 6.45) is 8.05. The van der Waals surface area contributed by atoms with Crippen LogP contribution in [-0.4, -0.2) is 4.92 Å². The molecule has 0 unspecified atom stereocenters. The molecular weight excluding hydrogens is 402 g/mol. The fourth-order valence-corrected chi connectivity index (χ4v) is 7.50. The first-order valence-electron chi connectivity index (χ1n) is 7.87. The SMILES string of the molecule is CC1=C(C)SC(=C2SC(C)=C(/C=C/C=C\c3ccc([N+](=O)[O-])cc3)S2)S1. The zero-order valence-electron chi connectivity index (χ0n) is 14.5. The number of thioether (sulfide) groups is 4. The predicted octanol–water partition coefficient (Wildman–Crippen LogP) is 7.73. The monoisotopic (exact) mass is 419 g/mol. The van der Waals surface area contributed by atoms with Gasteiger partial charge in [-0.15, -0.1) is 0 Å². The van der Waals surface area contributed by atoms with Crippen LogP contribution in [0.25, 0.3) is 6.08 Å². The summed E-state index contributed by atoms with van der Waals surface area (Å²) >= 11 is 7.42. The standard InChI is InChI=1S/C19H17NO2S4/c1-12-13(2)24-18(23-12)19-25-14(3)17(26-19)7-5-4-6-15-8-10-16(11-9-15)20(21)22/h4-11H,1-3H3/b6-4-,7-5+. The van der Waals surface area contributed by atoms with E-state index < -0.39 is 0 Å². The maximum atomic E-state index is 10.7. The van der Waals surface area contributed by atoms with Gasteiger partial charge in [-0.3, -0.25) is 10.1 Å². The average molecular weight is 420 g/mol. The van der Waals surface area contributed by atoms with Crippen LogP contribution >= 0.6 is 47.0 Å². The van der Waals surface area contributed by atoms with Crippen LogP contribution in [0.2, 0.25) is 0 Å². The van der Waals surface area contributed by atoms with Crippen LogP contribution in [0, 0.1) is 10.1 Å². The van der Waals surface area contributed by atoms with E-state index in [-0.39, 0.29) is 10.6 Å². The zero-order valence-corrected chi connectivity index (χ0v) is 17.8. The highest BCUT2D eigenvalue weighted by molar-refractivity contribution is 8.34. The van der Waals surface area contributed by atoms with E-state index in [0.717, 1.165) is 5.56 Å². The van der Waals surface area contributed by atoms with Crippen LogP contribution < -0.4 is 0 Å². The minimum absolute atomic E-state index is 0.112. The van der Waals surface area contributed by atoms with E-state index in [2.05, 4.69) is 26.8 Å². The Balaban J connectivity index is 1.61. The summed E-state index contributed by atoms with van der Waals surface area (Å²) in [4.78, 5) is 15.7. The van der Waals surface area contributed by atoms with Crippen LogP contribution in [0.1, 0.15) is 26.3 Å². The van der Waals surface area contributed by atoms with Crippen LogP contribution in [0.5, 0.6) is 0 Å². The molecule has 0 saturated heterocycles. The third kappa shape index (κ3) is 4.71. The normalized spacial score (nSPS) is 18.3. The van der Waals surface area contributed by atoms with Gasteiger partial charge in [-0.05, 0) is 54.4 Å². The number of benzene rings is 1. The van der Waals surface area contributed by atoms with Gasteiger partial charge in [0.05, 0.1) is 13.4 Å². The lowest BCUT2D eigenvalue weighted by atomic mass is 10.2. The molecule has 1 aromatic rings. The summed E-state index contributed by atoms with van der Waals surface area (Å²) in [5, 5.41) is 10.7. The van der Waals surface area contributed by atoms with E-state index in [0.29, 0.717) is 0 Å². The molecule has 2 aliphatic rings. The van der Waals surface area contributed by atoms with Gasteiger partial charge in [-0.2, -0.15) is 0 Å². The van der Waals surface area contributed by atoms with Gasteiger partial charge in [-0.1, -0.05) is 65.3 Å². The van der Waals surface area contributed by atoms with E-state index in [4.69, 9.17) is 0 Å². The molecule has 2 aliphatic heterocycles. The summed E-state index contributed by atoms with van der Waals surface area (Å²) in [5.74, 6) is 0. The first-order valence-corrected chi connectivity index (χ1v) is 11.1. The zero-order chi connectivity index (χ0) is 18.7. The summed E-state index contributed by atoms with van der Waals surface area (Å²) in [6, 6.07) is 6.55. The predicted molar refractivity (Wildman–Crippen MR) is 120 cm³/mol. The first kappa shape index (κ1) is 19.5. The van der Waals surface area contributed by atoms with Crippen molar-refractivity contribution >= 4 is 58.8 Å². The van der Waals surface area contributed by atoms with Gasteiger partial charge in [0, 0.05) is 21.9 Å². The number of allylic oxidation sites excluding steroid dienone is 6. The molecule has 0 amide bonds. The summed E-state index contributed by atoms with van der Waals surface area (Å²) in [6.45, 7) is 6.51. The van der Waals surface area contributed by atoms with Crippen LogP contribution in [0.3, 0.4) is 0 Å². The summed E-state index contributed by atoms with van der Waals surface area (Å²) in [5.41, 5.74) is 1.05. The van der Waals surface area contributed by atoms with Crippen molar-refractivity contribution < 1.29 is 4.92 Å². The van der Waals surface area contributed by atoms with Crippen molar-refractivity contribution in [2.75, 3.05) is 0 Å². The molecule has 0 N–H and O–H groups in total. The Hall–Kier alpha value is -1.28. The van der Waals surface area contributed by atoms with E-state index in [1.54, 1.807) is 12.1 Å². The van der Waals surface area contributed by atoms with E-state index in [1.165, 1.54) is 40.2 Å². The van der Waals surface area contributed by atoms with Gasteiger partial charge in [0.2, 0.25) is 0 Å². The number of nitro benzene ring substituents is 1. The lowest BCUT2D eigenvalue weighted by molar-refractivity contribution is -0.384. The third-order valence-electron chi connectivity index (χ3n) is 3.70. The molecule has 3 nitrogen and oxygen atoms in total. The molecule has 1 aromatic carbocycles. The Morgan fingerprint density at radius 3 is 1.96 bits per heavy atom. The molecule has 0 fully saturated rings. The minimum Gasteiger partial charge on any atom is -0.258 e. The molecule has 0 saturated carbocycles. The molecule has 134 valence electrons. The van der Waals surface area contributed by atoms with Crippen molar-refractivity contribution in [2.45, 2.75) is 20.8 Å². The molecule has 7 heteroatoms. The molecule has 0 radical (unpaired) electrons. The van der Waals surface area contributed by atoms with Crippen molar-refractivity contribution in [3.63, 3.8) is 0 Å². The second-order valence-electron chi connectivity index (χ2n) is 5.58. The molecule has 26 heavy (non-hydrogen) atoms. The smallest absolute Gasteiger partial charge is 0.258 e. The summed E-state index contributed by atoms with van der Waals surface area (Å²) in [7, 11) is 0. The second kappa shape index (κ2) is 8.61. The van der Waals surface area contributed by atoms with E-state index >= 15 is 0 Å². The maximum absolute atomic E-state index is 10.7. The number of nitrogens with zero attached hydrogens (tertiary/aromatic N) is 1. The van der Waals surface area contributed by atoms with Gasteiger partial charge in [0.1, 0.15) is 0 Å². The lowest BCUT2D eigenvalue weighted by Gasteiger charge is -2.00. The highest BCUT2D eigenvalue weighted by Gasteiger charge is 2.24. The highest BCUT2D eigenvalue weighted by atomic mass is 32.2. The quantitative estimate of drug-likeness (QED) is 0.282. The minimum atomic E-state index is -0.386. The molecule has 0 atom stereocenters. The second-order valence-corrected chi connectivity index (χ2v) is 10.8. The van der Waals surface area contributed by atoms with E-state index in [9.17, 15) is 10.1 Å². The molecule has 3 rings (SSSR count).